The van der Waals surface area contributed by atoms with Crippen LogP contribution >= 0.6 is 11.3 Å². The van der Waals surface area contributed by atoms with Crippen LogP contribution in [0.1, 0.15) is 39.2 Å². The van der Waals surface area contributed by atoms with Gasteiger partial charge in [-0.05, 0) is 38.0 Å². The highest BCUT2D eigenvalue weighted by Gasteiger charge is 2.30. The molecule has 3 rings (SSSR count). The van der Waals surface area contributed by atoms with Crippen LogP contribution in [-0.4, -0.2) is 52.4 Å². The number of sulfonamides is 1. The summed E-state index contributed by atoms with van der Waals surface area (Å²) in [6.45, 7) is 3.27. The first-order valence-electron chi connectivity index (χ1n) is 9.94. The van der Waals surface area contributed by atoms with Gasteiger partial charge in [0.2, 0.25) is 0 Å². The fourth-order valence-electron chi connectivity index (χ4n) is 3.11. The number of carbonyl (C=O) groups is 3. The molecular weight excluding hydrogens is 470 g/mol. The number of hydrogen-bond acceptors (Lipinski definition) is 9. The maximum absolute atomic E-state index is 12.2. The van der Waals surface area contributed by atoms with E-state index in [0.717, 1.165) is 4.88 Å². The fraction of sp³-hybridized carbons (Fsp3) is 0.333. The van der Waals surface area contributed by atoms with E-state index in [1.54, 1.807) is 25.1 Å². The summed E-state index contributed by atoms with van der Waals surface area (Å²) in [5, 5.41) is 2.92. The Labute approximate surface area is 195 Å². The standard InChI is InChI=1S/C21H23N3O7S2/c1-12-13(2)32-20(18(12)21(27)30-3)23-16(25)11-31-17(26)9-6-10-22-19-14-7-4-5-8-15(14)33(28,29)24-19/h4-5,7-8H,6,9-11H2,1-3H3,(H,22,24)(H,23,25). The topological polar surface area (TPSA) is 140 Å². The highest BCUT2D eigenvalue weighted by atomic mass is 32.2. The van der Waals surface area contributed by atoms with Crippen molar-refractivity contribution < 1.29 is 32.3 Å². The van der Waals surface area contributed by atoms with Crippen LogP contribution in [0.4, 0.5) is 5.00 Å². The first-order valence-corrected chi connectivity index (χ1v) is 12.2. The average Bonchev–Trinajstić information content (AvgIpc) is 3.21. The molecule has 2 heterocycles. The molecule has 0 fully saturated rings. The van der Waals surface area contributed by atoms with Crippen LogP contribution in [-0.2, 0) is 29.1 Å². The van der Waals surface area contributed by atoms with Gasteiger partial charge in [0.15, 0.2) is 6.61 Å². The van der Waals surface area contributed by atoms with Crippen LogP contribution < -0.4 is 10.0 Å². The van der Waals surface area contributed by atoms with E-state index in [2.05, 4.69) is 15.0 Å². The Morgan fingerprint density at radius 1 is 1.18 bits per heavy atom. The molecule has 0 spiro atoms. The average molecular weight is 494 g/mol. The molecule has 2 aromatic rings. The highest BCUT2D eigenvalue weighted by molar-refractivity contribution is 7.90. The molecule has 0 saturated heterocycles. The summed E-state index contributed by atoms with van der Waals surface area (Å²) in [4.78, 5) is 41.3. The number of amides is 1. The first-order chi connectivity index (χ1) is 15.6. The molecule has 12 heteroatoms. The Kier molecular flexibility index (Phi) is 7.49. The number of nitrogens with zero attached hydrogens (tertiary/aromatic N) is 1. The van der Waals surface area contributed by atoms with Gasteiger partial charge in [-0.2, -0.15) is 0 Å². The second-order valence-corrected chi connectivity index (χ2v) is 10.00. The van der Waals surface area contributed by atoms with E-state index < -0.39 is 34.5 Å². The molecule has 0 atom stereocenters. The fourth-order valence-corrected chi connectivity index (χ4v) is 5.42. The van der Waals surface area contributed by atoms with Crippen molar-refractivity contribution >= 4 is 50.0 Å². The Bertz CT molecular complexity index is 1230. The smallest absolute Gasteiger partial charge is 0.341 e. The number of aryl methyl sites for hydroxylation is 1. The van der Waals surface area contributed by atoms with E-state index in [0.29, 0.717) is 22.5 Å². The Morgan fingerprint density at radius 2 is 1.91 bits per heavy atom. The molecular formula is C21H23N3O7S2. The van der Waals surface area contributed by atoms with Crippen molar-refractivity contribution in [3.63, 3.8) is 0 Å². The van der Waals surface area contributed by atoms with Gasteiger partial charge in [-0.25, -0.2) is 13.2 Å². The maximum atomic E-state index is 12.2. The molecule has 10 nitrogen and oxygen atoms in total. The molecule has 0 unspecified atom stereocenters. The maximum Gasteiger partial charge on any atom is 0.341 e. The summed E-state index contributed by atoms with van der Waals surface area (Å²) in [6.07, 6.45) is 0.312. The molecule has 1 aromatic carbocycles. The number of aliphatic imine (C=N–C) groups is 1. The summed E-state index contributed by atoms with van der Waals surface area (Å²) >= 11 is 1.23. The predicted octanol–water partition coefficient (Wildman–Crippen LogP) is 2.15. The quantitative estimate of drug-likeness (QED) is 0.424. The number of benzene rings is 1. The summed E-state index contributed by atoms with van der Waals surface area (Å²) in [6, 6.07) is 6.49. The molecule has 176 valence electrons. The van der Waals surface area contributed by atoms with Crippen molar-refractivity contribution in [1.29, 1.82) is 0 Å². The minimum atomic E-state index is -3.61. The third-order valence-electron chi connectivity index (χ3n) is 4.86. The largest absolute Gasteiger partial charge is 0.465 e. The lowest BCUT2D eigenvalue weighted by atomic mass is 10.1. The van der Waals surface area contributed by atoms with Crippen LogP contribution in [0.2, 0.25) is 0 Å². The molecule has 1 aliphatic rings. The number of fused-ring (bicyclic) bond motifs is 1. The lowest BCUT2D eigenvalue weighted by Crippen LogP contribution is -2.22. The molecule has 1 aromatic heterocycles. The number of esters is 2. The second kappa shape index (κ2) is 10.1. The molecule has 0 saturated carbocycles. The number of amidine groups is 1. The Morgan fingerprint density at radius 3 is 2.64 bits per heavy atom. The van der Waals surface area contributed by atoms with Gasteiger partial charge >= 0.3 is 11.9 Å². The lowest BCUT2D eigenvalue weighted by molar-refractivity contribution is -0.147. The van der Waals surface area contributed by atoms with Crippen molar-refractivity contribution in [2.45, 2.75) is 31.6 Å². The highest BCUT2D eigenvalue weighted by Crippen LogP contribution is 2.32. The zero-order valence-electron chi connectivity index (χ0n) is 18.3. The van der Waals surface area contributed by atoms with Gasteiger partial charge in [0.1, 0.15) is 10.8 Å². The van der Waals surface area contributed by atoms with Crippen LogP contribution in [0.15, 0.2) is 34.2 Å². The van der Waals surface area contributed by atoms with Gasteiger partial charge in [-0.3, -0.25) is 19.3 Å². The van der Waals surface area contributed by atoms with E-state index in [1.165, 1.54) is 24.5 Å². The van der Waals surface area contributed by atoms with E-state index in [-0.39, 0.29) is 29.3 Å². The zero-order valence-corrected chi connectivity index (χ0v) is 19.9. The minimum absolute atomic E-state index is 0.00306. The number of ether oxygens (including phenoxy) is 2. The van der Waals surface area contributed by atoms with E-state index in [1.807, 2.05) is 6.92 Å². The second-order valence-electron chi connectivity index (χ2n) is 7.12. The van der Waals surface area contributed by atoms with Gasteiger partial charge in [-0.15, -0.1) is 11.3 Å². The third-order valence-corrected chi connectivity index (χ3v) is 7.38. The molecule has 33 heavy (non-hydrogen) atoms. The monoisotopic (exact) mass is 493 g/mol. The van der Waals surface area contributed by atoms with Crippen LogP contribution in [0.25, 0.3) is 0 Å². The number of rotatable bonds is 8. The van der Waals surface area contributed by atoms with E-state index in [9.17, 15) is 22.8 Å². The van der Waals surface area contributed by atoms with Gasteiger partial charge in [-0.1, -0.05) is 12.1 Å². The molecule has 1 amide bonds. The van der Waals surface area contributed by atoms with Gasteiger partial charge in [0, 0.05) is 23.4 Å². The van der Waals surface area contributed by atoms with Gasteiger partial charge < -0.3 is 14.8 Å². The van der Waals surface area contributed by atoms with E-state index in [4.69, 9.17) is 9.47 Å². The lowest BCUT2D eigenvalue weighted by Gasteiger charge is -2.07. The molecule has 1 aliphatic heterocycles. The van der Waals surface area contributed by atoms with Crippen molar-refractivity contribution in [1.82, 2.24) is 4.72 Å². The molecule has 0 bridgehead atoms. The number of hydrogen-bond donors (Lipinski definition) is 2. The normalized spacial score (nSPS) is 14.9. The van der Waals surface area contributed by atoms with Crippen molar-refractivity contribution in [3.8, 4) is 0 Å². The van der Waals surface area contributed by atoms with Crippen LogP contribution in [0, 0.1) is 13.8 Å². The predicted molar refractivity (Wildman–Crippen MR) is 122 cm³/mol. The van der Waals surface area contributed by atoms with Gasteiger partial charge in [0.25, 0.3) is 15.9 Å². The Hall–Kier alpha value is -3.25. The van der Waals surface area contributed by atoms with Gasteiger partial charge in [0.05, 0.1) is 17.6 Å². The zero-order chi connectivity index (χ0) is 24.2. The summed E-state index contributed by atoms with van der Waals surface area (Å²) < 4.78 is 36.2. The third kappa shape index (κ3) is 5.57. The van der Waals surface area contributed by atoms with Crippen LogP contribution in [0.5, 0.6) is 0 Å². The molecule has 0 radical (unpaired) electrons. The number of anilines is 1. The summed E-state index contributed by atoms with van der Waals surface area (Å²) in [5.41, 5.74) is 1.48. The van der Waals surface area contributed by atoms with Crippen molar-refractivity contribution in [2.75, 3.05) is 25.6 Å². The number of carbonyl (C=O) groups excluding carboxylic acids is 3. The SMILES string of the molecule is COC(=O)c1c(NC(=O)COC(=O)CCCN=C2NS(=O)(=O)c3ccccc32)sc(C)c1C. The number of nitrogens with one attached hydrogen (secondary N) is 2. The Balaban J connectivity index is 1.46. The van der Waals surface area contributed by atoms with Crippen molar-refractivity contribution in [2.24, 2.45) is 4.99 Å². The summed E-state index contributed by atoms with van der Waals surface area (Å²) in [5.74, 6) is -1.49. The number of thiophene rings is 1. The summed E-state index contributed by atoms with van der Waals surface area (Å²) in [7, 11) is -2.35. The molecule has 2 N–H and O–H groups in total. The van der Waals surface area contributed by atoms with Crippen molar-refractivity contribution in [3.05, 3.63) is 45.8 Å². The molecule has 0 aliphatic carbocycles. The number of methoxy groups -OCH3 is 1. The van der Waals surface area contributed by atoms with Crippen LogP contribution in [0.3, 0.4) is 0 Å². The minimum Gasteiger partial charge on any atom is -0.465 e. The van der Waals surface area contributed by atoms with E-state index >= 15 is 0 Å². The first kappa shape index (κ1) is 24.4.